The third-order valence-corrected chi connectivity index (χ3v) is 4.16. The number of benzene rings is 1. The second-order valence-electron chi connectivity index (χ2n) is 5.05. The molecule has 1 aromatic carbocycles. The van der Waals surface area contributed by atoms with Gasteiger partial charge in [-0.3, -0.25) is 0 Å². The van der Waals surface area contributed by atoms with E-state index in [-0.39, 0.29) is 17.8 Å². The molecule has 1 spiro atoms. The van der Waals surface area contributed by atoms with Gasteiger partial charge in [-0.25, -0.2) is 0 Å². The normalized spacial score (nSPS) is 21.6. The second kappa shape index (κ2) is 4.21. The third kappa shape index (κ3) is 1.58. The molecule has 0 aromatic heterocycles. The van der Waals surface area contributed by atoms with E-state index in [0.29, 0.717) is 0 Å². The van der Waals surface area contributed by atoms with Gasteiger partial charge in [-0.15, -0.1) is 12.4 Å². The van der Waals surface area contributed by atoms with Crippen LogP contribution in [0.4, 0.5) is 0 Å². The molecule has 0 heterocycles. The zero-order valence-electron chi connectivity index (χ0n) is 9.46. The van der Waals surface area contributed by atoms with Crippen LogP contribution in [0.3, 0.4) is 0 Å². The van der Waals surface area contributed by atoms with Crippen molar-refractivity contribution in [2.75, 3.05) is 0 Å². The Bertz CT molecular complexity index is 405. The highest BCUT2D eigenvalue weighted by atomic mass is 35.5. The lowest BCUT2D eigenvalue weighted by Gasteiger charge is -2.33. The molecular weight excluding hydrogens is 218 g/mol. The van der Waals surface area contributed by atoms with Crippen molar-refractivity contribution in [1.29, 1.82) is 5.41 Å². The quantitative estimate of drug-likeness (QED) is 0.703. The van der Waals surface area contributed by atoms with Gasteiger partial charge in [0, 0.05) is 11.1 Å². The standard InChI is InChI=1S/C14H17N.ClH/c15-13-12-7-3-2-6-11(12)10-14(13)8-4-1-5-9-14;/h2-3,6-7,15H,1,4-5,8-10H2;1H. The second-order valence-corrected chi connectivity index (χ2v) is 5.05. The molecule has 0 radical (unpaired) electrons. The van der Waals surface area contributed by atoms with Gasteiger partial charge < -0.3 is 5.41 Å². The van der Waals surface area contributed by atoms with Crippen molar-refractivity contribution in [3.05, 3.63) is 35.4 Å². The minimum absolute atomic E-state index is 0. The van der Waals surface area contributed by atoms with E-state index < -0.39 is 0 Å². The highest BCUT2D eigenvalue weighted by Gasteiger charge is 2.42. The first-order chi connectivity index (χ1) is 7.32. The van der Waals surface area contributed by atoms with E-state index >= 15 is 0 Å². The summed E-state index contributed by atoms with van der Waals surface area (Å²) in [5.74, 6) is 0. The number of rotatable bonds is 0. The number of hydrogen-bond acceptors (Lipinski definition) is 1. The zero-order chi connectivity index (χ0) is 10.3. The average molecular weight is 236 g/mol. The Morgan fingerprint density at radius 2 is 1.69 bits per heavy atom. The Labute approximate surface area is 103 Å². The van der Waals surface area contributed by atoms with E-state index in [0.717, 1.165) is 12.1 Å². The smallest absolute Gasteiger partial charge is 0.0454 e. The molecule has 1 N–H and O–H groups in total. The van der Waals surface area contributed by atoms with E-state index in [9.17, 15) is 0 Å². The number of halogens is 1. The lowest BCUT2D eigenvalue weighted by atomic mass is 9.71. The predicted octanol–water partition coefficient (Wildman–Crippen LogP) is 3.98. The van der Waals surface area contributed by atoms with E-state index in [2.05, 4.69) is 24.3 Å². The lowest BCUT2D eigenvalue weighted by molar-refractivity contribution is 0.290. The van der Waals surface area contributed by atoms with Crippen molar-refractivity contribution in [3.8, 4) is 0 Å². The molecule has 1 saturated carbocycles. The molecule has 0 aliphatic heterocycles. The van der Waals surface area contributed by atoms with Crippen LogP contribution in [0.2, 0.25) is 0 Å². The summed E-state index contributed by atoms with van der Waals surface area (Å²) in [6, 6.07) is 8.50. The maximum absolute atomic E-state index is 8.37. The minimum atomic E-state index is 0. The summed E-state index contributed by atoms with van der Waals surface area (Å²) in [6.07, 6.45) is 7.60. The van der Waals surface area contributed by atoms with Crippen molar-refractivity contribution >= 4 is 18.1 Å². The summed E-state index contributed by atoms with van der Waals surface area (Å²) in [6.45, 7) is 0. The van der Waals surface area contributed by atoms with Crippen molar-refractivity contribution in [2.24, 2.45) is 5.41 Å². The highest BCUT2D eigenvalue weighted by molar-refractivity contribution is 6.06. The zero-order valence-corrected chi connectivity index (χ0v) is 10.3. The third-order valence-electron chi connectivity index (χ3n) is 4.16. The van der Waals surface area contributed by atoms with Crippen LogP contribution >= 0.6 is 12.4 Å². The summed E-state index contributed by atoms with van der Waals surface area (Å²) >= 11 is 0. The Morgan fingerprint density at radius 3 is 2.38 bits per heavy atom. The summed E-state index contributed by atoms with van der Waals surface area (Å²) in [5.41, 5.74) is 3.78. The van der Waals surface area contributed by atoms with Crippen LogP contribution in [-0.2, 0) is 6.42 Å². The van der Waals surface area contributed by atoms with Gasteiger partial charge in [0.2, 0.25) is 0 Å². The molecular formula is C14H18ClN. The molecule has 86 valence electrons. The van der Waals surface area contributed by atoms with Gasteiger partial charge >= 0.3 is 0 Å². The van der Waals surface area contributed by atoms with Gasteiger partial charge in [-0.05, 0) is 30.4 Å². The fourth-order valence-corrected chi connectivity index (χ4v) is 3.31. The van der Waals surface area contributed by atoms with Crippen molar-refractivity contribution in [2.45, 2.75) is 38.5 Å². The summed E-state index contributed by atoms with van der Waals surface area (Å²) < 4.78 is 0. The van der Waals surface area contributed by atoms with Gasteiger partial charge in [0.25, 0.3) is 0 Å². The highest BCUT2D eigenvalue weighted by Crippen LogP contribution is 2.46. The first-order valence-electron chi connectivity index (χ1n) is 5.99. The van der Waals surface area contributed by atoms with Crippen LogP contribution in [0.25, 0.3) is 0 Å². The first kappa shape index (κ1) is 11.7. The fourth-order valence-electron chi connectivity index (χ4n) is 3.31. The fraction of sp³-hybridized carbons (Fsp3) is 0.500. The van der Waals surface area contributed by atoms with Crippen molar-refractivity contribution in [1.82, 2.24) is 0 Å². The Kier molecular flexibility index (Phi) is 3.07. The first-order valence-corrected chi connectivity index (χ1v) is 5.99. The van der Waals surface area contributed by atoms with E-state index in [1.807, 2.05) is 0 Å². The van der Waals surface area contributed by atoms with Gasteiger partial charge in [-0.2, -0.15) is 0 Å². The number of fused-ring (bicyclic) bond motifs is 1. The molecule has 3 rings (SSSR count). The Hall–Kier alpha value is -0.820. The molecule has 1 nitrogen and oxygen atoms in total. The van der Waals surface area contributed by atoms with E-state index in [4.69, 9.17) is 5.41 Å². The average Bonchev–Trinajstić information content (AvgIpc) is 2.54. The summed E-state index contributed by atoms with van der Waals surface area (Å²) in [4.78, 5) is 0. The van der Waals surface area contributed by atoms with Gasteiger partial charge in [0.15, 0.2) is 0 Å². The monoisotopic (exact) mass is 235 g/mol. The predicted molar refractivity (Wildman–Crippen MR) is 69.7 cm³/mol. The summed E-state index contributed by atoms with van der Waals surface area (Å²) in [7, 11) is 0. The van der Waals surface area contributed by atoms with E-state index in [1.54, 1.807) is 0 Å². The van der Waals surface area contributed by atoms with Crippen LogP contribution < -0.4 is 0 Å². The summed E-state index contributed by atoms with van der Waals surface area (Å²) in [5, 5.41) is 8.37. The molecule has 2 aliphatic carbocycles. The van der Waals surface area contributed by atoms with Gasteiger partial charge in [0.1, 0.15) is 0 Å². The molecule has 0 bridgehead atoms. The SMILES string of the molecule is Cl.N=C1c2ccccc2CC12CCCCC2. The molecule has 0 amide bonds. The molecule has 0 saturated heterocycles. The van der Waals surface area contributed by atoms with Crippen molar-refractivity contribution in [3.63, 3.8) is 0 Å². The minimum Gasteiger partial charge on any atom is -0.304 e. The molecule has 0 unspecified atom stereocenters. The lowest BCUT2D eigenvalue weighted by Crippen LogP contribution is -2.30. The molecule has 0 atom stereocenters. The maximum Gasteiger partial charge on any atom is 0.0454 e. The molecule has 1 aromatic rings. The topological polar surface area (TPSA) is 23.9 Å². The Balaban J connectivity index is 0.000000963. The van der Waals surface area contributed by atoms with Crippen LogP contribution in [0.15, 0.2) is 24.3 Å². The van der Waals surface area contributed by atoms with Crippen molar-refractivity contribution < 1.29 is 0 Å². The number of hydrogen-bond donors (Lipinski definition) is 1. The van der Waals surface area contributed by atoms with E-state index in [1.165, 1.54) is 43.2 Å². The number of nitrogens with one attached hydrogen (secondary N) is 1. The molecule has 16 heavy (non-hydrogen) atoms. The maximum atomic E-state index is 8.37. The van der Waals surface area contributed by atoms with Gasteiger partial charge in [0.05, 0.1) is 0 Å². The molecule has 1 fully saturated rings. The molecule has 2 aliphatic rings. The van der Waals surface area contributed by atoms with Crippen LogP contribution in [0.1, 0.15) is 43.2 Å². The van der Waals surface area contributed by atoms with Gasteiger partial charge in [-0.1, -0.05) is 43.5 Å². The largest absolute Gasteiger partial charge is 0.304 e. The van der Waals surface area contributed by atoms with Crippen LogP contribution in [0.5, 0.6) is 0 Å². The Morgan fingerprint density at radius 1 is 1.00 bits per heavy atom. The molecule has 2 heteroatoms. The van der Waals surface area contributed by atoms with Crippen LogP contribution in [-0.4, -0.2) is 5.71 Å². The van der Waals surface area contributed by atoms with Crippen LogP contribution in [0, 0.1) is 10.8 Å².